The predicted molar refractivity (Wildman–Crippen MR) is 70.7 cm³/mol. The van der Waals surface area contributed by atoms with Gasteiger partial charge in [-0.05, 0) is 18.9 Å². The summed E-state index contributed by atoms with van der Waals surface area (Å²) in [6.45, 7) is 0.178. The monoisotopic (exact) mass is 299 g/mol. The van der Waals surface area contributed by atoms with Crippen LogP contribution in [0.1, 0.15) is 36.0 Å². The Kier molecular flexibility index (Phi) is 4.17. The van der Waals surface area contributed by atoms with E-state index >= 15 is 0 Å². The maximum atomic E-state index is 14.0. The predicted octanol–water partition coefficient (Wildman–Crippen LogP) is 1.87. The summed E-state index contributed by atoms with van der Waals surface area (Å²) >= 11 is 0. The van der Waals surface area contributed by atoms with E-state index in [0.29, 0.717) is 25.0 Å². The second kappa shape index (κ2) is 5.72. The normalized spacial score (nSPS) is 16.7. The second-order valence-electron chi connectivity index (χ2n) is 5.19. The van der Waals surface area contributed by atoms with E-state index in [9.17, 15) is 23.7 Å². The number of nitro groups is 1. The molecule has 0 aliphatic heterocycles. The molecular formula is C13H15F2N3O3. The van der Waals surface area contributed by atoms with Crippen LogP contribution in [0.25, 0.3) is 0 Å². The molecule has 0 spiro atoms. The van der Waals surface area contributed by atoms with E-state index in [1.54, 1.807) is 0 Å². The van der Waals surface area contributed by atoms with Crippen molar-refractivity contribution in [2.45, 2.75) is 31.2 Å². The van der Waals surface area contributed by atoms with Gasteiger partial charge in [0.25, 0.3) is 5.91 Å². The topological polar surface area (TPSA) is 98.3 Å². The molecule has 0 radical (unpaired) electrons. The number of hydrogen-bond donors (Lipinski definition) is 2. The molecular weight excluding hydrogens is 284 g/mol. The van der Waals surface area contributed by atoms with Crippen molar-refractivity contribution in [2.24, 2.45) is 5.73 Å². The molecule has 3 N–H and O–H groups in total. The lowest BCUT2D eigenvalue weighted by molar-refractivity contribution is -0.387. The molecule has 6 nitrogen and oxygen atoms in total. The lowest BCUT2D eigenvalue weighted by Gasteiger charge is -2.28. The number of halogens is 2. The van der Waals surface area contributed by atoms with Gasteiger partial charge in [-0.3, -0.25) is 14.9 Å². The molecule has 0 bridgehead atoms. The average Bonchev–Trinajstić information content (AvgIpc) is 2.89. The molecule has 1 aromatic rings. The number of rotatable bonds is 4. The Hall–Kier alpha value is -2.09. The highest BCUT2D eigenvalue weighted by atomic mass is 19.1. The summed E-state index contributed by atoms with van der Waals surface area (Å²) in [4.78, 5) is 21.7. The van der Waals surface area contributed by atoms with Crippen molar-refractivity contribution in [2.75, 3.05) is 6.54 Å². The van der Waals surface area contributed by atoms with Gasteiger partial charge in [-0.25, -0.2) is 4.39 Å². The molecule has 0 saturated heterocycles. The average molecular weight is 299 g/mol. The maximum Gasteiger partial charge on any atom is 0.308 e. The van der Waals surface area contributed by atoms with Crippen molar-refractivity contribution in [3.05, 3.63) is 39.4 Å². The van der Waals surface area contributed by atoms with Crippen LogP contribution in [0.2, 0.25) is 0 Å². The minimum atomic E-state index is -1.34. The highest BCUT2D eigenvalue weighted by Crippen LogP contribution is 2.30. The Morgan fingerprint density at radius 3 is 2.52 bits per heavy atom. The molecule has 1 aromatic carbocycles. The van der Waals surface area contributed by atoms with Crippen molar-refractivity contribution in [1.29, 1.82) is 0 Å². The highest BCUT2D eigenvalue weighted by molar-refractivity contribution is 5.95. The van der Waals surface area contributed by atoms with Gasteiger partial charge in [0.15, 0.2) is 0 Å². The van der Waals surface area contributed by atoms with Crippen molar-refractivity contribution >= 4 is 11.6 Å². The van der Waals surface area contributed by atoms with Crippen LogP contribution < -0.4 is 11.1 Å². The van der Waals surface area contributed by atoms with Crippen molar-refractivity contribution in [3.63, 3.8) is 0 Å². The van der Waals surface area contributed by atoms with Crippen molar-refractivity contribution in [3.8, 4) is 0 Å². The minimum absolute atomic E-state index is 0.178. The van der Waals surface area contributed by atoms with Crippen LogP contribution in [0.5, 0.6) is 0 Å². The van der Waals surface area contributed by atoms with Crippen LogP contribution in [0.15, 0.2) is 12.1 Å². The Balaban J connectivity index is 2.33. The van der Waals surface area contributed by atoms with Crippen molar-refractivity contribution < 1.29 is 18.5 Å². The Morgan fingerprint density at radius 2 is 2.00 bits per heavy atom. The number of hydrogen-bond acceptors (Lipinski definition) is 4. The minimum Gasteiger partial charge on any atom is -0.345 e. The smallest absolute Gasteiger partial charge is 0.308 e. The first-order valence-corrected chi connectivity index (χ1v) is 6.54. The highest BCUT2D eigenvalue weighted by Gasteiger charge is 2.35. The van der Waals surface area contributed by atoms with E-state index in [1.165, 1.54) is 0 Å². The summed E-state index contributed by atoms with van der Waals surface area (Å²) in [5.74, 6) is -3.27. The van der Waals surface area contributed by atoms with Gasteiger partial charge in [0, 0.05) is 6.54 Å². The van der Waals surface area contributed by atoms with Crippen LogP contribution >= 0.6 is 0 Å². The fourth-order valence-corrected chi connectivity index (χ4v) is 2.61. The Bertz CT molecular complexity index is 586. The molecule has 0 unspecified atom stereocenters. The zero-order valence-corrected chi connectivity index (χ0v) is 11.2. The van der Waals surface area contributed by atoms with Gasteiger partial charge in [-0.1, -0.05) is 12.8 Å². The van der Waals surface area contributed by atoms with Gasteiger partial charge in [-0.15, -0.1) is 0 Å². The third-order valence-electron chi connectivity index (χ3n) is 3.79. The number of amides is 1. The number of benzene rings is 1. The number of nitrogens with one attached hydrogen (secondary N) is 1. The van der Waals surface area contributed by atoms with Gasteiger partial charge in [0.1, 0.15) is 5.82 Å². The molecule has 1 aliphatic rings. The molecule has 1 aliphatic carbocycles. The molecule has 0 aromatic heterocycles. The van der Waals surface area contributed by atoms with Crippen LogP contribution in [0.3, 0.4) is 0 Å². The Morgan fingerprint density at radius 1 is 1.38 bits per heavy atom. The van der Waals surface area contributed by atoms with Crippen molar-refractivity contribution in [1.82, 2.24) is 5.32 Å². The quantitative estimate of drug-likeness (QED) is 0.655. The van der Waals surface area contributed by atoms with E-state index in [-0.39, 0.29) is 6.54 Å². The summed E-state index contributed by atoms with van der Waals surface area (Å²) < 4.78 is 27.3. The molecule has 114 valence electrons. The molecule has 0 atom stereocenters. The standard InChI is InChI=1S/C13H15F2N3O3/c14-8-5-9(11(15)10(6-8)18(20)21)12(19)17-13(7-16)3-1-2-4-13/h5-6H,1-4,7,16H2,(H,17,19). The van der Waals surface area contributed by atoms with Crippen LogP contribution in [0.4, 0.5) is 14.5 Å². The van der Waals surface area contributed by atoms with Gasteiger partial charge < -0.3 is 11.1 Å². The van der Waals surface area contributed by atoms with E-state index in [4.69, 9.17) is 5.73 Å². The molecule has 1 saturated carbocycles. The van der Waals surface area contributed by atoms with E-state index in [2.05, 4.69) is 5.32 Å². The van der Waals surface area contributed by atoms with Gasteiger partial charge in [0.2, 0.25) is 5.82 Å². The lowest BCUT2D eigenvalue weighted by Crippen LogP contribution is -2.51. The van der Waals surface area contributed by atoms with Crippen LogP contribution in [0, 0.1) is 21.7 Å². The third-order valence-corrected chi connectivity index (χ3v) is 3.79. The molecule has 8 heteroatoms. The molecule has 2 rings (SSSR count). The molecule has 0 heterocycles. The first kappa shape index (κ1) is 15.3. The van der Waals surface area contributed by atoms with E-state index in [1.807, 2.05) is 0 Å². The van der Waals surface area contributed by atoms with Crippen LogP contribution in [-0.2, 0) is 0 Å². The van der Waals surface area contributed by atoms with Gasteiger partial charge in [-0.2, -0.15) is 4.39 Å². The Labute approximate surface area is 119 Å². The number of nitrogens with zero attached hydrogens (tertiary/aromatic N) is 1. The summed E-state index contributed by atoms with van der Waals surface area (Å²) in [6.07, 6.45) is 3.05. The zero-order valence-electron chi connectivity index (χ0n) is 11.2. The molecule has 21 heavy (non-hydrogen) atoms. The summed E-state index contributed by atoms with van der Waals surface area (Å²) in [5.41, 5.74) is 3.26. The van der Waals surface area contributed by atoms with Gasteiger partial charge >= 0.3 is 5.69 Å². The lowest BCUT2D eigenvalue weighted by atomic mass is 9.97. The van der Waals surface area contributed by atoms with Crippen LogP contribution in [-0.4, -0.2) is 22.9 Å². The first-order valence-electron chi connectivity index (χ1n) is 6.54. The maximum absolute atomic E-state index is 14.0. The summed E-state index contributed by atoms with van der Waals surface area (Å²) in [6, 6.07) is 1.09. The third kappa shape index (κ3) is 2.99. The fourth-order valence-electron chi connectivity index (χ4n) is 2.61. The van der Waals surface area contributed by atoms with E-state index < -0.39 is 39.3 Å². The fraction of sp³-hybridized carbons (Fsp3) is 0.462. The largest absolute Gasteiger partial charge is 0.345 e. The number of carbonyl (C=O) groups is 1. The SMILES string of the molecule is NCC1(NC(=O)c2cc(F)cc([N+](=O)[O-])c2F)CCCC1. The number of nitrogens with two attached hydrogens (primary N) is 1. The number of carbonyl (C=O) groups excluding carboxylic acids is 1. The first-order chi connectivity index (χ1) is 9.88. The number of nitro benzene ring substituents is 1. The zero-order chi connectivity index (χ0) is 15.6. The van der Waals surface area contributed by atoms with Gasteiger partial charge in [0.05, 0.1) is 22.1 Å². The molecule has 1 amide bonds. The second-order valence-corrected chi connectivity index (χ2v) is 5.19. The summed E-state index contributed by atoms with van der Waals surface area (Å²) in [5, 5.41) is 13.3. The summed E-state index contributed by atoms with van der Waals surface area (Å²) in [7, 11) is 0. The molecule has 1 fully saturated rings. The van der Waals surface area contributed by atoms with E-state index in [0.717, 1.165) is 12.8 Å².